The summed E-state index contributed by atoms with van der Waals surface area (Å²) < 4.78 is 38.2. The highest BCUT2D eigenvalue weighted by Crippen LogP contribution is 2.29. The van der Waals surface area contributed by atoms with E-state index in [0.717, 1.165) is 23.3 Å². The summed E-state index contributed by atoms with van der Waals surface area (Å²) in [4.78, 5) is 12.1. The number of carbonyl (C=O) groups is 1. The van der Waals surface area contributed by atoms with Gasteiger partial charge in [0.15, 0.2) is 0 Å². The van der Waals surface area contributed by atoms with Gasteiger partial charge in [0.25, 0.3) is 0 Å². The Hall–Kier alpha value is -3.08. The number of anilines is 1. The number of halogens is 3. The molecule has 0 saturated carbocycles. The molecule has 132 valence electrons. The van der Waals surface area contributed by atoms with Gasteiger partial charge in [0.2, 0.25) is 5.91 Å². The summed E-state index contributed by atoms with van der Waals surface area (Å²) in [7, 11) is 0. The van der Waals surface area contributed by atoms with Gasteiger partial charge in [0, 0.05) is 5.69 Å². The molecule has 1 N–H and O–H groups in total. The molecule has 0 aliphatic rings. The van der Waals surface area contributed by atoms with E-state index in [0.29, 0.717) is 11.3 Å². The molecule has 0 atom stereocenters. The standard InChI is InChI=1S/C21H16F3NO/c22-21(23,24)18-8-4-5-15(13-18)14-20(26)25-19-11-9-17(10-12-19)16-6-2-1-3-7-16/h1-13H,14H2,(H,25,26). The van der Waals surface area contributed by atoms with Crippen LogP contribution in [0.4, 0.5) is 18.9 Å². The maximum atomic E-state index is 12.7. The number of hydrogen-bond acceptors (Lipinski definition) is 1. The van der Waals surface area contributed by atoms with Crippen LogP contribution in [0.5, 0.6) is 0 Å². The van der Waals surface area contributed by atoms with Crippen molar-refractivity contribution >= 4 is 11.6 Å². The summed E-state index contributed by atoms with van der Waals surface area (Å²) >= 11 is 0. The minimum atomic E-state index is -4.42. The number of nitrogens with one attached hydrogen (secondary N) is 1. The Morgan fingerprint density at radius 1 is 0.808 bits per heavy atom. The predicted molar refractivity (Wildman–Crippen MR) is 95.7 cm³/mol. The summed E-state index contributed by atoms with van der Waals surface area (Å²) in [6.07, 6.45) is -4.54. The monoisotopic (exact) mass is 355 g/mol. The van der Waals surface area contributed by atoms with Gasteiger partial charge in [-0.15, -0.1) is 0 Å². The molecule has 0 unspecified atom stereocenters. The SMILES string of the molecule is O=C(Cc1cccc(C(F)(F)F)c1)Nc1ccc(-c2ccccc2)cc1. The van der Waals surface area contributed by atoms with E-state index in [-0.39, 0.29) is 12.3 Å². The zero-order chi connectivity index (χ0) is 18.6. The fourth-order valence-corrected chi connectivity index (χ4v) is 2.62. The minimum absolute atomic E-state index is 0.121. The van der Waals surface area contributed by atoms with Crippen LogP contribution in [0, 0.1) is 0 Å². The van der Waals surface area contributed by atoms with Crippen LogP contribution in [0.2, 0.25) is 0 Å². The predicted octanol–water partition coefficient (Wildman–Crippen LogP) is 5.55. The highest BCUT2D eigenvalue weighted by Gasteiger charge is 2.30. The molecular weight excluding hydrogens is 339 g/mol. The lowest BCUT2D eigenvalue weighted by atomic mass is 10.1. The second-order valence-corrected chi connectivity index (χ2v) is 5.87. The third-order valence-electron chi connectivity index (χ3n) is 3.89. The van der Waals surface area contributed by atoms with Crippen LogP contribution in [-0.2, 0) is 17.4 Å². The molecule has 26 heavy (non-hydrogen) atoms. The first-order chi connectivity index (χ1) is 12.4. The minimum Gasteiger partial charge on any atom is -0.326 e. The maximum absolute atomic E-state index is 12.7. The van der Waals surface area contributed by atoms with Crippen molar-refractivity contribution in [2.45, 2.75) is 12.6 Å². The third kappa shape index (κ3) is 4.51. The quantitative estimate of drug-likeness (QED) is 0.653. The van der Waals surface area contributed by atoms with E-state index in [2.05, 4.69) is 5.32 Å². The summed E-state index contributed by atoms with van der Waals surface area (Å²) in [6, 6.07) is 21.9. The molecule has 0 bridgehead atoms. The molecule has 0 aliphatic heterocycles. The van der Waals surface area contributed by atoms with Crippen molar-refractivity contribution < 1.29 is 18.0 Å². The second kappa shape index (κ2) is 7.44. The third-order valence-corrected chi connectivity index (χ3v) is 3.89. The van der Waals surface area contributed by atoms with Crippen LogP contribution >= 0.6 is 0 Å². The van der Waals surface area contributed by atoms with E-state index in [9.17, 15) is 18.0 Å². The molecule has 0 saturated heterocycles. The lowest BCUT2D eigenvalue weighted by Crippen LogP contribution is -2.15. The van der Waals surface area contributed by atoms with Crippen LogP contribution in [0.25, 0.3) is 11.1 Å². The van der Waals surface area contributed by atoms with E-state index in [1.807, 2.05) is 42.5 Å². The summed E-state index contributed by atoms with van der Waals surface area (Å²) in [5.74, 6) is -0.364. The van der Waals surface area contributed by atoms with Gasteiger partial charge in [0.05, 0.1) is 12.0 Å². The van der Waals surface area contributed by atoms with Crippen molar-refractivity contribution in [1.82, 2.24) is 0 Å². The van der Waals surface area contributed by atoms with Gasteiger partial charge in [-0.2, -0.15) is 13.2 Å². The topological polar surface area (TPSA) is 29.1 Å². The average molecular weight is 355 g/mol. The van der Waals surface area contributed by atoms with Gasteiger partial charge in [0.1, 0.15) is 0 Å². The van der Waals surface area contributed by atoms with E-state index in [4.69, 9.17) is 0 Å². The molecule has 0 fully saturated rings. The van der Waals surface area contributed by atoms with Crippen LogP contribution in [0.15, 0.2) is 78.9 Å². The molecule has 0 heterocycles. The van der Waals surface area contributed by atoms with Crippen LogP contribution < -0.4 is 5.32 Å². The molecule has 0 aromatic heterocycles. The Morgan fingerprint density at radius 2 is 1.46 bits per heavy atom. The number of alkyl halides is 3. The van der Waals surface area contributed by atoms with Crippen molar-refractivity contribution in [2.75, 3.05) is 5.32 Å². The lowest BCUT2D eigenvalue weighted by Gasteiger charge is -2.10. The van der Waals surface area contributed by atoms with Crippen molar-refractivity contribution in [3.63, 3.8) is 0 Å². The van der Waals surface area contributed by atoms with Gasteiger partial charge in [-0.25, -0.2) is 0 Å². The molecule has 3 aromatic carbocycles. The fraction of sp³-hybridized carbons (Fsp3) is 0.0952. The average Bonchev–Trinajstić information content (AvgIpc) is 2.62. The first-order valence-electron chi connectivity index (χ1n) is 8.03. The van der Waals surface area contributed by atoms with E-state index in [1.165, 1.54) is 12.1 Å². The van der Waals surface area contributed by atoms with Crippen LogP contribution in [0.3, 0.4) is 0 Å². The first kappa shape index (κ1) is 17.7. The van der Waals surface area contributed by atoms with Gasteiger partial charge < -0.3 is 5.32 Å². The van der Waals surface area contributed by atoms with Crippen molar-refractivity contribution in [1.29, 1.82) is 0 Å². The molecule has 2 nitrogen and oxygen atoms in total. The second-order valence-electron chi connectivity index (χ2n) is 5.87. The zero-order valence-electron chi connectivity index (χ0n) is 13.8. The molecule has 0 spiro atoms. The van der Waals surface area contributed by atoms with Gasteiger partial charge in [-0.3, -0.25) is 4.79 Å². The van der Waals surface area contributed by atoms with Crippen LogP contribution in [-0.4, -0.2) is 5.91 Å². The Kier molecular flexibility index (Phi) is 5.07. The molecule has 5 heteroatoms. The Labute approximate surface area is 149 Å². The molecule has 3 aromatic rings. The van der Waals surface area contributed by atoms with Gasteiger partial charge >= 0.3 is 6.18 Å². The molecule has 0 aliphatic carbocycles. The molecular formula is C21H16F3NO. The molecule has 1 amide bonds. The number of carbonyl (C=O) groups excluding carboxylic acids is 1. The zero-order valence-corrected chi connectivity index (χ0v) is 13.8. The highest BCUT2D eigenvalue weighted by molar-refractivity contribution is 5.92. The van der Waals surface area contributed by atoms with E-state index in [1.54, 1.807) is 12.1 Å². The summed E-state index contributed by atoms with van der Waals surface area (Å²) in [5, 5.41) is 2.71. The molecule has 0 radical (unpaired) electrons. The highest BCUT2D eigenvalue weighted by atomic mass is 19.4. The number of rotatable bonds is 4. The Balaban J connectivity index is 1.65. The van der Waals surface area contributed by atoms with E-state index < -0.39 is 11.7 Å². The van der Waals surface area contributed by atoms with Crippen molar-refractivity contribution in [3.05, 3.63) is 90.0 Å². The Morgan fingerprint density at radius 3 is 2.12 bits per heavy atom. The lowest BCUT2D eigenvalue weighted by molar-refractivity contribution is -0.137. The largest absolute Gasteiger partial charge is 0.416 e. The number of hydrogen-bond donors (Lipinski definition) is 1. The maximum Gasteiger partial charge on any atom is 0.416 e. The van der Waals surface area contributed by atoms with Gasteiger partial charge in [-0.1, -0.05) is 60.7 Å². The van der Waals surface area contributed by atoms with Crippen molar-refractivity contribution in [2.24, 2.45) is 0 Å². The fourth-order valence-electron chi connectivity index (χ4n) is 2.62. The number of benzene rings is 3. The van der Waals surface area contributed by atoms with Gasteiger partial charge in [-0.05, 0) is 34.9 Å². The number of amides is 1. The van der Waals surface area contributed by atoms with E-state index >= 15 is 0 Å². The summed E-state index contributed by atoms with van der Waals surface area (Å²) in [6.45, 7) is 0. The normalized spacial score (nSPS) is 11.2. The first-order valence-corrected chi connectivity index (χ1v) is 8.03. The van der Waals surface area contributed by atoms with Crippen LogP contribution in [0.1, 0.15) is 11.1 Å². The smallest absolute Gasteiger partial charge is 0.326 e. The van der Waals surface area contributed by atoms with Crippen molar-refractivity contribution in [3.8, 4) is 11.1 Å². The Bertz CT molecular complexity index is 887. The molecule has 3 rings (SSSR count). The summed E-state index contributed by atoms with van der Waals surface area (Å²) in [5.41, 5.74) is 2.24.